The normalized spacial score (nSPS) is 12.5. The van der Waals surface area contributed by atoms with Crippen molar-refractivity contribution in [2.45, 2.75) is 321 Å². The molecule has 0 aliphatic heterocycles. The van der Waals surface area contributed by atoms with Crippen molar-refractivity contribution in [2.24, 2.45) is 0 Å². The van der Waals surface area contributed by atoms with Gasteiger partial charge in [-0.2, -0.15) is 0 Å². The number of esters is 1. The van der Waals surface area contributed by atoms with Crippen LogP contribution in [0.4, 0.5) is 0 Å². The second kappa shape index (κ2) is 50.5. The van der Waals surface area contributed by atoms with E-state index in [4.69, 9.17) is 4.74 Å². The Labute approximate surface area is 375 Å². The van der Waals surface area contributed by atoms with Gasteiger partial charge in [0.05, 0.1) is 25.4 Å². The molecule has 0 bridgehead atoms. The van der Waals surface area contributed by atoms with E-state index >= 15 is 0 Å². The van der Waals surface area contributed by atoms with Crippen LogP contribution in [0.1, 0.15) is 309 Å². The molecule has 0 aromatic carbocycles. The van der Waals surface area contributed by atoms with E-state index in [0.717, 1.165) is 51.4 Å². The first kappa shape index (κ1) is 58.9. The summed E-state index contributed by atoms with van der Waals surface area (Å²) in [5.74, 6) is -0.0430. The number of aliphatic hydroxyl groups excluding tert-OH is 2. The number of rotatable bonds is 51. The lowest BCUT2D eigenvalue weighted by atomic mass is 10.0. The maximum Gasteiger partial charge on any atom is 0.305 e. The van der Waals surface area contributed by atoms with Gasteiger partial charge >= 0.3 is 5.97 Å². The van der Waals surface area contributed by atoms with E-state index in [0.29, 0.717) is 25.9 Å². The number of amides is 1. The van der Waals surface area contributed by atoms with Crippen molar-refractivity contribution < 1.29 is 24.5 Å². The minimum atomic E-state index is -0.670. The standard InChI is InChI=1S/C54H107NO5/c1-3-5-7-9-11-13-15-17-18-19-20-23-26-30-34-38-42-46-52(57)51(50-56)55-53(58)47-43-39-35-31-27-24-21-22-25-29-33-37-41-45-49-60-54(59)48-44-40-36-32-28-16-14-12-10-8-6-4-2/h51-52,56-57H,3-50H2,1-2H3,(H,55,58). The van der Waals surface area contributed by atoms with Crippen molar-refractivity contribution in [3.63, 3.8) is 0 Å². The third kappa shape index (κ3) is 46.4. The Hall–Kier alpha value is -1.14. The molecule has 0 spiro atoms. The largest absolute Gasteiger partial charge is 0.466 e. The average Bonchev–Trinajstić information content (AvgIpc) is 3.25. The highest BCUT2D eigenvalue weighted by Crippen LogP contribution is 2.17. The van der Waals surface area contributed by atoms with Crippen LogP contribution in [0, 0.1) is 0 Å². The lowest BCUT2D eigenvalue weighted by Crippen LogP contribution is -2.45. The molecule has 2 atom stereocenters. The van der Waals surface area contributed by atoms with Crippen molar-refractivity contribution >= 4 is 11.9 Å². The summed E-state index contributed by atoms with van der Waals surface area (Å²) >= 11 is 0. The fourth-order valence-corrected chi connectivity index (χ4v) is 8.70. The summed E-state index contributed by atoms with van der Waals surface area (Å²) in [7, 11) is 0. The van der Waals surface area contributed by atoms with E-state index in [2.05, 4.69) is 19.2 Å². The Kier molecular flexibility index (Phi) is 49.5. The molecule has 1 amide bonds. The van der Waals surface area contributed by atoms with Crippen LogP contribution in [0.3, 0.4) is 0 Å². The summed E-state index contributed by atoms with van der Waals surface area (Å²) < 4.78 is 5.46. The van der Waals surface area contributed by atoms with Crippen molar-refractivity contribution in [1.29, 1.82) is 0 Å². The number of hydrogen-bond donors (Lipinski definition) is 3. The fourth-order valence-electron chi connectivity index (χ4n) is 8.70. The third-order valence-electron chi connectivity index (χ3n) is 12.9. The van der Waals surface area contributed by atoms with Gasteiger partial charge in [-0.1, -0.05) is 271 Å². The highest BCUT2D eigenvalue weighted by Gasteiger charge is 2.20. The van der Waals surface area contributed by atoms with E-state index in [1.165, 1.54) is 225 Å². The number of carbonyl (C=O) groups excluding carboxylic acids is 2. The molecule has 0 aromatic heterocycles. The lowest BCUT2D eigenvalue weighted by Gasteiger charge is -2.22. The zero-order chi connectivity index (χ0) is 43.7. The Morgan fingerprint density at radius 1 is 0.400 bits per heavy atom. The van der Waals surface area contributed by atoms with Crippen LogP contribution in [-0.2, 0) is 14.3 Å². The molecule has 0 aromatic rings. The van der Waals surface area contributed by atoms with Gasteiger partial charge in [0.1, 0.15) is 0 Å². The van der Waals surface area contributed by atoms with Crippen molar-refractivity contribution in [2.75, 3.05) is 13.2 Å². The molecule has 358 valence electrons. The monoisotopic (exact) mass is 850 g/mol. The zero-order valence-electron chi connectivity index (χ0n) is 40.7. The molecule has 0 saturated heterocycles. The van der Waals surface area contributed by atoms with E-state index in [-0.39, 0.29) is 18.5 Å². The fraction of sp³-hybridized carbons (Fsp3) is 0.963. The summed E-state index contributed by atoms with van der Waals surface area (Å²) in [6, 6.07) is -0.548. The first-order valence-corrected chi connectivity index (χ1v) is 27.3. The number of ether oxygens (including phenoxy) is 1. The molecule has 0 aliphatic carbocycles. The van der Waals surface area contributed by atoms with E-state index in [1.54, 1.807) is 0 Å². The molecular formula is C54H107NO5. The minimum absolute atomic E-state index is 0.000585. The highest BCUT2D eigenvalue weighted by atomic mass is 16.5. The summed E-state index contributed by atoms with van der Waals surface area (Å²) in [5, 5.41) is 23.3. The van der Waals surface area contributed by atoms with Crippen LogP contribution >= 0.6 is 0 Å². The molecule has 0 rings (SSSR count). The Morgan fingerprint density at radius 2 is 0.683 bits per heavy atom. The number of aliphatic hydroxyl groups is 2. The number of hydrogen-bond acceptors (Lipinski definition) is 5. The first-order chi connectivity index (χ1) is 29.5. The van der Waals surface area contributed by atoms with E-state index in [1.807, 2.05) is 0 Å². The summed E-state index contributed by atoms with van der Waals surface area (Å²) in [6.45, 7) is 4.95. The molecule has 0 aliphatic rings. The topological polar surface area (TPSA) is 95.9 Å². The van der Waals surface area contributed by atoms with Gasteiger partial charge in [-0.15, -0.1) is 0 Å². The summed E-state index contributed by atoms with van der Waals surface area (Å²) in [5.41, 5.74) is 0. The molecule has 0 saturated carbocycles. The van der Waals surface area contributed by atoms with Crippen molar-refractivity contribution in [1.82, 2.24) is 5.32 Å². The first-order valence-electron chi connectivity index (χ1n) is 27.3. The van der Waals surface area contributed by atoms with Crippen LogP contribution in [0.25, 0.3) is 0 Å². The Balaban J connectivity index is 3.43. The van der Waals surface area contributed by atoms with Gasteiger partial charge in [0.15, 0.2) is 0 Å². The Bertz CT molecular complexity index is 852. The predicted octanol–water partition coefficient (Wildman–Crippen LogP) is 16.4. The maximum atomic E-state index is 12.5. The van der Waals surface area contributed by atoms with Gasteiger partial charge in [0.25, 0.3) is 0 Å². The summed E-state index contributed by atoms with van der Waals surface area (Å²) in [6.07, 6.45) is 56.4. The second-order valence-corrected chi connectivity index (χ2v) is 18.9. The molecule has 0 radical (unpaired) electrons. The van der Waals surface area contributed by atoms with Gasteiger partial charge < -0.3 is 20.3 Å². The van der Waals surface area contributed by atoms with Crippen LogP contribution in [-0.4, -0.2) is 47.4 Å². The van der Waals surface area contributed by atoms with Gasteiger partial charge in [0.2, 0.25) is 5.91 Å². The number of unbranched alkanes of at least 4 members (excludes halogenated alkanes) is 40. The molecule has 3 N–H and O–H groups in total. The molecular weight excluding hydrogens is 743 g/mol. The number of carbonyl (C=O) groups is 2. The molecule has 0 fully saturated rings. The predicted molar refractivity (Wildman–Crippen MR) is 260 cm³/mol. The summed E-state index contributed by atoms with van der Waals surface area (Å²) in [4.78, 5) is 24.5. The molecule has 2 unspecified atom stereocenters. The quantitative estimate of drug-likeness (QED) is 0.0418. The second-order valence-electron chi connectivity index (χ2n) is 18.9. The van der Waals surface area contributed by atoms with Crippen LogP contribution < -0.4 is 5.32 Å². The molecule has 0 heterocycles. The van der Waals surface area contributed by atoms with Gasteiger partial charge in [-0.05, 0) is 25.7 Å². The van der Waals surface area contributed by atoms with Gasteiger partial charge in [0, 0.05) is 12.8 Å². The maximum absolute atomic E-state index is 12.5. The highest BCUT2D eigenvalue weighted by molar-refractivity contribution is 5.76. The van der Waals surface area contributed by atoms with E-state index < -0.39 is 12.1 Å². The Morgan fingerprint density at radius 3 is 1.02 bits per heavy atom. The SMILES string of the molecule is CCCCCCCCCCCCCCCCCCCC(O)C(CO)NC(=O)CCCCCCCCCCCCCCCCOC(=O)CCCCCCCCCCCCCC. The van der Waals surface area contributed by atoms with Gasteiger partial charge in [-0.25, -0.2) is 0 Å². The molecule has 60 heavy (non-hydrogen) atoms. The van der Waals surface area contributed by atoms with Crippen LogP contribution in [0.15, 0.2) is 0 Å². The molecule has 6 heteroatoms. The van der Waals surface area contributed by atoms with Crippen LogP contribution in [0.2, 0.25) is 0 Å². The zero-order valence-corrected chi connectivity index (χ0v) is 40.7. The molecule has 6 nitrogen and oxygen atoms in total. The average molecular weight is 850 g/mol. The van der Waals surface area contributed by atoms with Crippen LogP contribution in [0.5, 0.6) is 0 Å². The number of nitrogens with one attached hydrogen (secondary N) is 1. The van der Waals surface area contributed by atoms with Gasteiger partial charge in [-0.3, -0.25) is 9.59 Å². The van der Waals surface area contributed by atoms with Crippen molar-refractivity contribution in [3.8, 4) is 0 Å². The minimum Gasteiger partial charge on any atom is -0.466 e. The smallest absolute Gasteiger partial charge is 0.305 e. The third-order valence-corrected chi connectivity index (χ3v) is 12.9. The lowest BCUT2D eigenvalue weighted by molar-refractivity contribution is -0.143. The van der Waals surface area contributed by atoms with E-state index in [9.17, 15) is 19.8 Å². The van der Waals surface area contributed by atoms with Crippen molar-refractivity contribution in [3.05, 3.63) is 0 Å².